The molecule has 0 unspecified atom stereocenters. The summed E-state index contributed by atoms with van der Waals surface area (Å²) < 4.78 is 17.4. The molecular weight excluding hydrogens is 215 g/mol. The lowest BCUT2D eigenvalue weighted by molar-refractivity contribution is -0.120. The van der Waals surface area contributed by atoms with E-state index in [1.165, 1.54) is 12.1 Å². The molecule has 0 aromatic heterocycles. The Labute approximate surface area is 71.1 Å². The summed E-state index contributed by atoms with van der Waals surface area (Å²) in [5, 5.41) is 0. The average Bonchev–Trinajstić information content (AvgIpc) is 1.98. The van der Waals surface area contributed by atoms with Crippen molar-refractivity contribution in [2.75, 3.05) is 0 Å². The summed E-state index contributed by atoms with van der Waals surface area (Å²) in [5.41, 5.74) is 0. The number of carbonyl (C=O) groups is 1. The number of carbonyl (C=O) groups excluding carboxylic acids is 1. The predicted octanol–water partition coefficient (Wildman–Crippen LogP) is 2.12. The molecule has 58 valence electrons. The Hall–Kier alpha value is -0.900. The van der Waals surface area contributed by atoms with Crippen molar-refractivity contribution in [2.45, 2.75) is 0 Å². The molecule has 0 fully saturated rings. The number of rotatable bonds is 2. The summed E-state index contributed by atoms with van der Waals surface area (Å²) in [7, 11) is 0. The van der Waals surface area contributed by atoms with Crippen LogP contribution in [0.15, 0.2) is 22.7 Å². The largest absolute Gasteiger partial charge is 0.429 e. The first-order valence-corrected chi connectivity index (χ1v) is 3.58. The first kappa shape index (κ1) is 8.20. The van der Waals surface area contributed by atoms with Crippen LogP contribution in [0.25, 0.3) is 0 Å². The highest BCUT2D eigenvalue weighted by Gasteiger charge is 1.99. The summed E-state index contributed by atoms with van der Waals surface area (Å²) in [6.45, 7) is 0.253. The number of hydrogen-bond acceptors (Lipinski definition) is 2. The molecule has 0 atom stereocenters. The van der Waals surface area contributed by atoms with Crippen LogP contribution in [0.2, 0.25) is 0 Å². The Morgan fingerprint density at radius 1 is 1.55 bits per heavy atom. The second-order valence-electron chi connectivity index (χ2n) is 1.79. The van der Waals surface area contributed by atoms with E-state index in [9.17, 15) is 9.18 Å². The molecule has 0 N–H and O–H groups in total. The zero-order valence-electron chi connectivity index (χ0n) is 5.38. The topological polar surface area (TPSA) is 26.3 Å². The highest BCUT2D eigenvalue weighted by molar-refractivity contribution is 9.10. The highest BCUT2D eigenvalue weighted by atomic mass is 79.9. The van der Waals surface area contributed by atoms with Gasteiger partial charge in [0.2, 0.25) is 0 Å². The van der Waals surface area contributed by atoms with Crippen LogP contribution >= 0.6 is 15.9 Å². The molecule has 1 aromatic rings. The van der Waals surface area contributed by atoms with Gasteiger partial charge in [-0.05, 0) is 28.1 Å². The minimum Gasteiger partial charge on any atom is -0.429 e. The minimum absolute atomic E-state index is 0.195. The van der Waals surface area contributed by atoms with Crippen molar-refractivity contribution < 1.29 is 13.9 Å². The summed E-state index contributed by atoms with van der Waals surface area (Å²) in [6, 6.07) is 4.08. The van der Waals surface area contributed by atoms with E-state index in [1.807, 2.05) is 0 Å². The van der Waals surface area contributed by atoms with Crippen LogP contribution in [0.3, 0.4) is 0 Å². The van der Waals surface area contributed by atoms with Gasteiger partial charge in [-0.15, -0.1) is 0 Å². The normalized spacial score (nSPS) is 9.27. The third kappa shape index (κ3) is 2.01. The SMILES string of the molecule is O=COc1ccc(Br)c(F)c1. The second-order valence-corrected chi connectivity index (χ2v) is 2.64. The molecule has 0 bridgehead atoms. The molecular formula is C7H4BrFO2. The van der Waals surface area contributed by atoms with E-state index < -0.39 is 5.82 Å². The molecule has 0 saturated heterocycles. The van der Waals surface area contributed by atoms with Gasteiger partial charge in [0, 0.05) is 6.07 Å². The standard InChI is InChI=1S/C7H4BrFO2/c8-6-2-1-5(11-4-10)3-7(6)9/h1-4H. The predicted molar refractivity (Wildman–Crippen MR) is 40.8 cm³/mol. The van der Waals surface area contributed by atoms with E-state index in [-0.39, 0.29) is 12.2 Å². The fourth-order valence-corrected chi connectivity index (χ4v) is 0.852. The van der Waals surface area contributed by atoms with E-state index in [4.69, 9.17) is 0 Å². The van der Waals surface area contributed by atoms with Crippen molar-refractivity contribution in [2.24, 2.45) is 0 Å². The van der Waals surface area contributed by atoms with Crippen molar-refractivity contribution in [1.82, 2.24) is 0 Å². The average molecular weight is 219 g/mol. The maximum atomic E-state index is 12.7. The molecule has 0 aliphatic rings. The Kier molecular flexibility index (Phi) is 2.59. The molecule has 0 aliphatic heterocycles. The maximum Gasteiger partial charge on any atom is 0.298 e. The van der Waals surface area contributed by atoms with E-state index >= 15 is 0 Å². The first-order valence-electron chi connectivity index (χ1n) is 2.79. The van der Waals surface area contributed by atoms with Crippen molar-refractivity contribution >= 4 is 22.4 Å². The number of ether oxygens (including phenoxy) is 1. The van der Waals surface area contributed by atoms with Gasteiger partial charge >= 0.3 is 0 Å². The summed E-state index contributed by atoms with van der Waals surface area (Å²) >= 11 is 2.96. The number of hydrogen-bond donors (Lipinski definition) is 0. The summed E-state index contributed by atoms with van der Waals surface area (Å²) in [6.07, 6.45) is 0. The van der Waals surface area contributed by atoms with Gasteiger partial charge < -0.3 is 4.74 Å². The quantitative estimate of drug-likeness (QED) is 0.712. The smallest absolute Gasteiger partial charge is 0.298 e. The van der Waals surface area contributed by atoms with Gasteiger partial charge in [0.05, 0.1) is 4.47 Å². The Balaban J connectivity index is 2.95. The van der Waals surface area contributed by atoms with Gasteiger partial charge in [0.25, 0.3) is 6.47 Å². The lowest BCUT2D eigenvalue weighted by atomic mass is 10.3. The Morgan fingerprint density at radius 3 is 2.82 bits per heavy atom. The molecule has 0 spiro atoms. The van der Waals surface area contributed by atoms with Crippen LogP contribution < -0.4 is 4.74 Å². The van der Waals surface area contributed by atoms with Gasteiger partial charge in [0.15, 0.2) is 0 Å². The van der Waals surface area contributed by atoms with E-state index in [1.54, 1.807) is 0 Å². The molecule has 0 heterocycles. The van der Waals surface area contributed by atoms with E-state index in [0.717, 1.165) is 6.07 Å². The van der Waals surface area contributed by atoms with Crippen LogP contribution in [-0.2, 0) is 4.79 Å². The molecule has 1 aromatic carbocycles. The fraction of sp³-hybridized carbons (Fsp3) is 0. The number of benzene rings is 1. The zero-order chi connectivity index (χ0) is 8.27. The van der Waals surface area contributed by atoms with Gasteiger partial charge in [-0.3, -0.25) is 4.79 Å². The van der Waals surface area contributed by atoms with Gasteiger partial charge in [0.1, 0.15) is 11.6 Å². The van der Waals surface area contributed by atoms with Crippen molar-refractivity contribution in [3.63, 3.8) is 0 Å². The minimum atomic E-state index is -0.454. The van der Waals surface area contributed by atoms with Crippen LogP contribution in [0, 0.1) is 5.82 Å². The molecule has 0 saturated carbocycles. The third-order valence-corrected chi connectivity index (χ3v) is 1.72. The summed E-state index contributed by atoms with van der Waals surface area (Å²) in [4.78, 5) is 9.81. The fourth-order valence-electron chi connectivity index (χ4n) is 0.606. The van der Waals surface area contributed by atoms with Gasteiger partial charge in [-0.2, -0.15) is 0 Å². The highest BCUT2D eigenvalue weighted by Crippen LogP contribution is 2.20. The monoisotopic (exact) mass is 218 g/mol. The molecule has 0 radical (unpaired) electrons. The van der Waals surface area contributed by atoms with Crippen LogP contribution in [-0.4, -0.2) is 6.47 Å². The van der Waals surface area contributed by atoms with E-state index in [2.05, 4.69) is 20.7 Å². The second kappa shape index (κ2) is 3.48. The molecule has 11 heavy (non-hydrogen) atoms. The molecule has 1 rings (SSSR count). The van der Waals surface area contributed by atoms with Crippen LogP contribution in [0.4, 0.5) is 4.39 Å². The number of halogens is 2. The maximum absolute atomic E-state index is 12.7. The van der Waals surface area contributed by atoms with E-state index in [0.29, 0.717) is 4.47 Å². The van der Waals surface area contributed by atoms with Gasteiger partial charge in [-0.1, -0.05) is 0 Å². The van der Waals surface area contributed by atoms with Crippen LogP contribution in [0.1, 0.15) is 0 Å². The van der Waals surface area contributed by atoms with Crippen molar-refractivity contribution in [3.05, 3.63) is 28.5 Å². The zero-order valence-corrected chi connectivity index (χ0v) is 6.97. The van der Waals surface area contributed by atoms with Gasteiger partial charge in [-0.25, -0.2) is 4.39 Å². The molecule has 0 amide bonds. The van der Waals surface area contributed by atoms with Crippen molar-refractivity contribution in [3.8, 4) is 5.75 Å². The lowest BCUT2D eigenvalue weighted by Gasteiger charge is -1.97. The van der Waals surface area contributed by atoms with Crippen molar-refractivity contribution in [1.29, 1.82) is 0 Å². The Morgan fingerprint density at radius 2 is 2.27 bits per heavy atom. The summed E-state index contributed by atoms with van der Waals surface area (Å²) in [5.74, 6) is -0.259. The van der Waals surface area contributed by atoms with Crippen LogP contribution in [0.5, 0.6) is 5.75 Å². The lowest BCUT2D eigenvalue weighted by Crippen LogP contribution is -1.88. The molecule has 2 nitrogen and oxygen atoms in total. The third-order valence-electron chi connectivity index (χ3n) is 1.08. The molecule has 4 heteroatoms. The first-order chi connectivity index (χ1) is 5.24. The Bertz CT molecular complexity index is 275. The molecule has 0 aliphatic carbocycles.